The van der Waals surface area contributed by atoms with Crippen LogP contribution in [0.5, 0.6) is 0 Å². The Morgan fingerprint density at radius 2 is 2.00 bits per heavy atom. The largest absolute Gasteiger partial charge is 0.339 e. The molecule has 1 saturated heterocycles. The van der Waals surface area contributed by atoms with Gasteiger partial charge in [0, 0.05) is 18.7 Å². The van der Waals surface area contributed by atoms with Crippen molar-refractivity contribution in [2.75, 3.05) is 19.6 Å². The van der Waals surface area contributed by atoms with Crippen LogP contribution in [0, 0.1) is 12.8 Å². The molecule has 17 heavy (non-hydrogen) atoms. The lowest BCUT2D eigenvalue weighted by Crippen LogP contribution is -2.40. The molecular formula is C14H20N2O. The van der Waals surface area contributed by atoms with Gasteiger partial charge in [0.2, 0.25) is 0 Å². The Bertz CT molecular complexity index is 395. The molecule has 1 aromatic carbocycles. The second-order valence-electron chi connectivity index (χ2n) is 4.79. The highest BCUT2D eigenvalue weighted by molar-refractivity contribution is 5.95. The van der Waals surface area contributed by atoms with E-state index in [0.717, 1.165) is 43.6 Å². The van der Waals surface area contributed by atoms with E-state index in [1.165, 1.54) is 0 Å². The zero-order valence-corrected chi connectivity index (χ0v) is 10.4. The zero-order valence-electron chi connectivity index (χ0n) is 10.4. The molecule has 0 bridgehead atoms. The number of piperidine rings is 1. The second-order valence-corrected chi connectivity index (χ2v) is 4.79. The summed E-state index contributed by atoms with van der Waals surface area (Å²) in [6.45, 7) is 4.41. The number of nitrogens with two attached hydrogens (primary N) is 1. The number of rotatable bonds is 2. The topological polar surface area (TPSA) is 46.3 Å². The summed E-state index contributed by atoms with van der Waals surface area (Å²) in [5.74, 6) is 0.759. The molecule has 2 rings (SSSR count). The van der Waals surface area contributed by atoms with Crippen LogP contribution in [0.15, 0.2) is 24.3 Å². The summed E-state index contributed by atoms with van der Waals surface area (Å²) in [4.78, 5) is 14.3. The van der Waals surface area contributed by atoms with Crippen molar-refractivity contribution in [2.24, 2.45) is 11.7 Å². The minimum Gasteiger partial charge on any atom is -0.339 e. The van der Waals surface area contributed by atoms with Gasteiger partial charge in [-0.2, -0.15) is 0 Å². The molecule has 0 radical (unpaired) electrons. The van der Waals surface area contributed by atoms with Crippen LogP contribution >= 0.6 is 0 Å². The van der Waals surface area contributed by atoms with Crippen molar-refractivity contribution in [1.29, 1.82) is 0 Å². The van der Waals surface area contributed by atoms with Crippen molar-refractivity contribution >= 4 is 5.91 Å². The van der Waals surface area contributed by atoms with E-state index in [1.807, 2.05) is 36.1 Å². The average molecular weight is 232 g/mol. The van der Waals surface area contributed by atoms with Crippen molar-refractivity contribution in [1.82, 2.24) is 4.90 Å². The summed E-state index contributed by atoms with van der Waals surface area (Å²) in [5.41, 5.74) is 7.54. The first kappa shape index (κ1) is 12.1. The third-order valence-corrected chi connectivity index (χ3v) is 3.61. The standard InChI is InChI=1S/C14H20N2O/c1-11-4-2-3-5-13(11)14(17)16-8-6-12(10-15)7-9-16/h2-5,12H,6-10,15H2,1H3. The Morgan fingerprint density at radius 1 is 1.35 bits per heavy atom. The molecule has 0 aliphatic carbocycles. The lowest BCUT2D eigenvalue weighted by molar-refractivity contribution is 0.0692. The van der Waals surface area contributed by atoms with Crippen LogP contribution in [-0.2, 0) is 0 Å². The minimum atomic E-state index is 0.165. The van der Waals surface area contributed by atoms with E-state index < -0.39 is 0 Å². The minimum absolute atomic E-state index is 0.165. The van der Waals surface area contributed by atoms with E-state index in [4.69, 9.17) is 5.73 Å². The van der Waals surface area contributed by atoms with Crippen molar-refractivity contribution in [2.45, 2.75) is 19.8 Å². The third-order valence-electron chi connectivity index (χ3n) is 3.61. The molecule has 0 aromatic heterocycles. The maximum absolute atomic E-state index is 12.3. The monoisotopic (exact) mass is 232 g/mol. The molecule has 1 aliphatic rings. The summed E-state index contributed by atoms with van der Waals surface area (Å²) < 4.78 is 0. The van der Waals surface area contributed by atoms with Gasteiger partial charge < -0.3 is 10.6 Å². The molecule has 1 amide bonds. The molecule has 3 nitrogen and oxygen atoms in total. The van der Waals surface area contributed by atoms with Crippen molar-refractivity contribution < 1.29 is 4.79 Å². The van der Waals surface area contributed by atoms with E-state index in [1.54, 1.807) is 0 Å². The zero-order chi connectivity index (χ0) is 12.3. The number of hydrogen-bond acceptors (Lipinski definition) is 2. The Kier molecular flexibility index (Phi) is 3.79. The highest BCUT2D eigenvalue weighted by atomic mass is 16.2. The molecule has 3 heteroatoms. The second kappa shape index (κ2) is 5.32. The Hall–Kier alpha value is -1.35. The van der Waals surface area contributed by atoms with Gasteiger partial charge in [-0.25, -0.2) is 0 Å². The fraction of sp³-hybridized carbons (Fsp3) is 0.500. The maximum atomic E-state index is 12.3. The maximum Gasteiger partial charge on any atom is 0.254 e. The third kappa shape index (κ3) is 2.67. The first-order chi connectivity index (χ1) is 8.22. The fourth-order valence-electron chi connectivity index (χ4n) is 2.35. The molecule has 0 unspecified atom stereocenters. The molecular weight excluding hydrogens is 212 g/mol. The number of carbonyl (C=O) groups is 1. The molecule has 1 aromatic rings. The summed E-state index contributed by atoms with van der Waals surface area (Å²) in [5, 5.41) is 0. The van der Waals surface area contributed by atoms with Gasteiger partial charge in [0.15, 0.2) is 0 Å². The van der Waals surface area contributed by atoms with E-state index in [9.17, 15) is 4.79 Å². The van der Waals surface area contributed by atoms with Gasteiger partial charge in [-0.05, 0) is 43.9 Å². The molecule has 1 aliphatic heterocycles. The predicted octanol–water partition coefficient (Wildman–Crippen LogP) is 1.81. The molecule has 0 atom stereocenters. The van der Waals surface area contributed by atoms with Crippen LogP contribution in [0.3, 0.4) is 0 Å². The van der Waals surface area contributed by atoms with Crippen LogP contribution in [0.1, 0.15) is 28.8 Å². The Balaban J connectivity index is 2.04. The summed E-state index contributed by atoms with van der Waals surface area (Å²) in [6.07, 6.45) is 2.07. The van der Waals surface area contributed by atoms with Gasteiger partial charge in [-0.1, -0.05) is 18.2 Å². The lowest BCUT2D eigenvalue weighted by Gasteiger charge is -2.31. The number of hydrogen-bond donors (Lipinski definition) is 1. The molecule has 0 saturated carbocycles. The van der Waals surface area contributed by atoms with Gasteiger partial charge in [0.05, 0.1) is 0 Å². The summed E-state index contributed by atoms with van der Waals surface area (Å²) in [7, 11) is 0. The summed E-state index contributed by atoms with van der Waals surface area (Å²) >= 11 is 0. The smallest absolute Gasteiger partial charge is 0.254 e. The number of carbonyl (C=O) groups excluding carboxylic acids is 1. The Labute approximate surface area is 103 Å². The van der Waals surface area contributed by atoms with E-state index in [2.05, 4.69) is 0 Å². The molecule has 1 fully saturated rings. The first-order valence-electron chi connectivity index (χ1n) is 6.27. The SMILES string of the molecule is Cc1ccccc1C(=O)N1CCC(CN)CC1. The fourth-order valence-corrected chi connectivity index (χ4v) is 2.35. The van der Waals surface area contributed by atoms with Gasteiger partial charge >= 0.3 is 0 Å². The van der Waals surface area contributed by atoms with Gasteiger partial charge in [0.25, 0.3) is 5.91 Å². The van der Waals surface area contributed by atoms with Crippen molar-refractivity contribution in [3.8, 4) is 0 Å². The highest BCUT2D eigenvalue weighted by Gasteiger charge is 2.23. The predicted molar refractivity (Wildman–Crippen MR) is 68.9 cm³/mol. The normalized spacial score (nSPS) is 17.2. The van der Waals surface area contributed by atoms with Gasteiger partial charge in [0.1, 0.15) is 0 Å². The van der Waals surface area contributed by atoms with Gasteiger partial charge in [-0.15, -0.1) is 0 Å². The summed E-state index contributed by atoms with van der Waals surface area (Å²) in [6, 6.07) is 7.78. The number of likely N-dealkylation sites (tertiary alicyclic amines) is 1. The lowest BCUT2D eigenvalue weighted by atomic mass is 9.96. The average Bonchev–Trinajstić information content (AvgIpc) is 2.39. The number of nitrogens with zero attached hydrogens (tertiary/aromatic N) is 1. The van der Waals surface area contributed by atoms with Crippen LogP contribution in [0.25, 0.3) is 0 Å². The first-order valence-corrected chi connectivity index (χ1v) is 6.27. The Morgan fingerprint density at radius 3 is 2.59 bits per heavy atom. The molecule has 1 heterocycles. The number of amides is 1. The van der Waals surface area contributed by atoms with E-state index in [0.29, 0.717) is 5.92 Å². The van der Waals surface area contributed by atoms with E-state index in [-0.39, 0.29) is 5.91 Å². The van der Waals surface area contributed by atoms with E-state index >= 15 is 0 Å². The van der Waals surface area contributed by atoms with Gasteiger partial charge in [-0.3, -0.25) is 4.79 Å². The molecule has 0 spiro atoms. The number of benzene rings is 1. The van der Waals surface area contributed by atoms with Crippen molar-refractivity contribution in [3.63, 3.8) is 0 Å². The molecule has 2 N–H and O–H groups in total. The van der Waals surface area contributed by atoms with Crippen LogP contribution in [0.2, 0.25) is 0 Å². The van der Waals surface area contributed by atoms with Crippen molar-refractivity contribution in [3.05, 3.63) is 35.4 Å². The molecule has 92 valence electrons. The highest BCUT2D eigenvalue weighted by Crippen LogP contribution is 2.19. The van der Waals surface area contributed by atoms with Crippen LogP contribution < -0.4 is 5.73 Å². The quantitative estimate of drug-likeness (QED) is 0.845. The van der Waals surface area contributed by atoms with Crippen LogP contribution in [-0.4, -0.2) is 30.4 Å². The van der Waals surface area contributed by atoms with Crippen LogP contribution in [0.4, 0.5) is 0 Å². The number of aryl methyl sites for hydroxylation is 1.